The zero-order valence-electron chi connectivity index (χ0n) is 12.6. The first-order valence-corrected chi connectivity index (χ1v) is 6.85. The molecular formula is C14H23N3O3. The fourth-order valence-corrected chi connectivity index (χ4v) is 2.30. The number of hydrogen-bond acceptors (Lipinski definition) is 3. The second-order valence-corrected chi connectivity index (χ2v) is 5.10. The Morgan fingerprint density at radius 3 is 2.50 bits per heavy atom. The first-order valence-electron chi connectivity index (χ1n) is 6.85. The van der Waals surface area contributed by atoms with Crippen LogP contribution >= 0.6 is 0 Å². The number of carbonyl (C=O) groups is 2. The zero-order chi connectivity index (χ0) is 15.3. The molecule has 6 heteroatoms. The Kier molecular flexibility index (Phi) is 5.73. The molecule has 1 amide bonds. The molecule has 0 radical (unpaired) electrons. The third kappa shape index (κ3) is 4.36. The number of rotatable bonds is 7. The van der Waals surface area contributed by atoms with Gasteiger partial charge in [0.1, 0.15) is 0 Å². The number of carboxylic acids is 1. The fraction of sp³-hybridized carbons (Fsp3) is 0.643. The maximum atomic E-state index is 12.1. The second-order valence-electron chi connectivity index (χ2n) is 5.10. The van der Waals surface area contributed by atoms with Gasteiger partial charge in [0.25, 0.3) is 0 Å². The van der Waals surface area contributed by atoms with Crippen LogP contribution in [0.1, 0.15) is 43.1 Å². The van der Waals surface area contributed by atoms with Crippen molar-refractivity contribution in [2.45, 2.75) is 52.5 Å². The summed E-state index contributed by atoms with van der Waals surface area (Å²) in [6, 6.07) is -0.303. The highest BCUT2D eigenvalue weighted by Gasteiger charge is 2.18. The molecule has 1 unspecified atom stereocenters. The minimum atomic E-state index is -0.891. The monoisotopic (exact) mass is 281 g/mol. The van der Waals surface area contributed by atoms with Crippen molar-refractivity contribution < 1.29 is 14.7 Å². The van der Waals surface area contributed by atoms with E-state index in [1.807, 2.05) is 27.8 Å². The van der Waals surface area contributed by atoms with Crippen LogP contribution in [0.15, 0.2) is 0 Å². The largest absolute Gasteiger partial charge is 0.481 e. The molecule has 112 valence electrons. The normalized spacial score (nSPS) is 12.2. The van der Waals surface area contributed by atoms with E-state index in [0.29, 0.717) is 6.42 Å². The lowest BCUT2D eigenvalue weighted by Gasteiger charge is -2.16. The number of nitrogens with zero attached hydrogens (tertiary/aromatic N) is 2. The highest BCUT2D eigenvalue weighted by Crippen LogP contribution is 2.13. The number of nitrogens with one attached hydrogen (secondary N) is 1. The van der Waals surface area contributed by atoms with Crippen LogP contribution in [0.25, 0.3) is 0 Å². The van der Waals surface area contributed by atoms with Crippen molar-refractivity contribution in [3.8, 4) is 0 Å². The van der Waals surface area contributed by atoms with Crippen molar-refractivity contribution in [1.82, 2.24) is 15.1 Å². The number of carbonyl (C=O) groups excluding carboxylic acids is 1. The van der Waals surface area contributed by atoms with Crippen LogP contribution in [0.4, 0.5) is 0 Å². The minimum Gasteiger partial charge on any atom is -0.481 e. The third-order valence-electron chi connectivity index (χ3n) is 3.42. The van der Waals surface area contributed by atoms with E-state index in [1.165, 1.54) is 0 Å². The van der Waals surface area contributed by atoms with Crippen molar-refractivity contribution in [1.29, 1.82) is 0 Å². The molecule has 0 spiro atoms. The van der Waals surface area contributed by atoms with Crippen molar-refractivity contribution in [3.05, 3.63) is 17.0 Å². The number of amides is 1. The van der Waals surface area contributed by atoms with Gasteiger partial charge < -0.3 is 10.4 Å². The number of aryl methyl sites for hydroxylation is 2. The highest BCUT2D eigenvalue weighted by atomic mass is 16.4. The van der Waals surface area contributed by atoms with Crippen LogP contribution in [-0.4, -0.2) is 32.8 Å². The molecule has 1 heterocycles. The van der Waals surface area contributed by atoms with Gasteiger partial charge >= 0.3 is 5.97 Å². The molecule has 0 aromatic carbocycles. The van der Waals surface area contributed by atoms with Gasteiger partial charge in [0.15, 0.2) is 0 Å². The Balaban J connectivity index is 2.67. The van der Waals surface area contributed by atoms with Crippen molar-refractivity contribution in [2.75, 3.05) is 0 Å². The smallest absolute Gasteiger partial charge is 0.305 e. The molecule has 0 saturated carbocycles. The van der Waals surface area contributed by atoms with Crippen molar-refractivity contribution >= 4 is 11.9 Å². The summed E-state index contributed by atoms with van der Waals surface area (Å²) in [6.45, 7) is 5.76. The number of hydrogen-bond donors (Lipinski definition) is 2. The highest BCUT2D eigenvalue weighted by molar-refractivity contribution is 5.80. The second kappa shape index (κ2) is 7.07. The van der Waals surface area contributed by atoms with Crippen LogP contribution in [0.2, 0.25) is 0 Å². The molecule has 1 atom stereocenters. The average Bonchev–Trinajstić information content (AvgIpc) is 2.55. The van der Waals surface area contributed by atoms with Crippen LogP contribution in [0.3, 0.4) is 0 Å². The predicted octanol–water partition coefficient (Wildman–Crippen LogP) is 1.34. The van der Waals surface area contributed by atoms with Crippen LogP contribution in [0.5, 0.6) is 0 Å². The van der Waals surface area contributed by atoms with Crippen LogP contribution < -0.4 is 5.32 Å². The quantitative estimate of drug-likeness (QED) is 0.790. The molecule has 0 aliphatic rings. The number of aliphatic carboxylic acids is 1. The summed E-state index contributed by atoms with van der Waals surface area (Å²) < 4.78 is 1.75. The third-order valence-corrected chi connectivity index (χ3v) is 3.42. The molecule has 1 aromatic heterocycles. The average molecular weight is 281 g/mol. The van der Waals surface area contributed by atoms with Gasteiger partial charge in [-0.2, -0.15) is 5.10 Å². The molecule has 6 nitrogen and oxygen atoms in total. The molecular weight excluding hydrogens is 258 g/mol. The van der Waals surface area contributed by atoms with Gasteiger partial charge in [0.05, 0.1) is 18.5 Å². The lowest BCUT2D eigenvalue weighted by Crippen LogP contribution is -2.37. The Morgan fingerprint density at radius 1 is 1.40 bits per heavy atom. The molecule has 2 N–H and O–H groups in total. The Bertz CT molecular complexity index is 494. The van der Waals surface area contributed by atoms with Crippen LogP contribution in [-0.2, 0) is 23.1 Å². The van der Waals surface area contributed by atoms with Crippen molar-refractivity contribution in [2.24, 2.45) is 7.05 Å². The Labute approximate surface area is 119 Å². The Morgan fingerprint density at radius 2 is 2.05 bits per heavy atom. The molecule has 0 fully saturated rings. The molecule has 0 aliphatic heterocycles. The summed E-state index contributed by atoms with van der Waals surface area (Å²) >= 11 is 0. The minimum absolute atomic E-state index is 0.0371. The van der Waals surface area contributed by atoms with Crippen molar-refractivity contribution in [3.63, 3.8) is 0 Å². The van der Waals surface area contributed by atoms with E-state index in [1.54, 1.807) is 4.68 Å². The Hall–Kier alpha value is -1.85. The first kappa shape index (κ1) is 16.2. The van der Waals surface area contributed by atoms with Gasteiger partial charge in [0.2, 0.25) is 5.91 Å². The lowest BCUT2D eigenvalue weighted by molar-refractivity contribution is -0.137. The van der Waals surface area contributed by atoms with Gasteiger partial charge in [0, 0.05) is 24.3 Å². The SMILES string of the molecule is CCCC(CC(=O)O)NC(=O)Cc1c(C)nn(C)c1C. The standard InChI is InChI=1S/C14H23N3O3/c1-5-6-11(7-14(19)20)15-13(18)8-12-9(2)16-17(4)10(12)3/h11H,5-8H2,1-4H3,(H,15,18)(H,19,20). The van der Waals surface area contributed by atoms with Crippen LogP contribution in [0, 0.1) is 13.8 Å². The summed E-state index contributed by atoms with van der Waals surface area (Å²) in [6.07, 6.45) is 1.71. The van der Waals surface area contributed by atoms with E-state index in [-0.39, 0.29) is 24.8 Å². The summed E-state index contributed by atoms with van der Waals surface area (Å²) in [5.74, 6) is -1.04. The summed E-state index contributed by atoms with van der Waals surface area (Å²) in [4.78, 5) is 22.8. The molecule has 20 heavy (non-hydrogen) atoms. The molecule has 0 saturated heterocycles. The van der Waals surface area contributed by atoms with E-state index in [0.717, 1.165) is 23.4 Å². The maximum Gasteiger partial charge on any atom is 0.305 e. The molecule has 0 bridgehead atoms. The van der Waals surface area contributed by atoms with Gasteiger partial charge in [-0.15, -0.1) is 0 Å². The summed E-state index contributed by atoms with van der Waals surface area (Å²) in [7, 11) is 1.84. The number of carboxylic acid groups (broad SMARTS) is 1. The zero-order valence-corrected chi connectivity index (χ0v) is 12.6. The number of aromatic nitrogens is 2. The molecule has 0 aliphatic carbocycles. The van der Waals surface area contributed by atoms with E-state index in [2.05, 4.69) is 10.4 Å². The maximum absolute atomic E-state index is 12.1. The van der Waals surface area contributed by atoms with Gasteiger partial charge in [-0.25, -0.2) is 0 Å². The summed E-state index contributed by atoms with van der Waals surface area (Å²) in [5, 5.41) is 15.9. The van der Waals surface area contributed by atoms with E-state index in [4.69, 9.17) is 5.11 Å². The fourth-order valence-electron chi connectivity index (χ4n) is 2.30. The summed E-state index contributed by atoms with van der Waals surface area (Å²) in [5.41, 5.74) is 2.71. The van der Waals surface area contributed by atoms with Gasteiger partial charge in [-0.1, -0.05) is 13.3 Å². The molecule has 1 aromatic rings. The topological polar surface area (TPSA) is 84.2 Å². The van der Waals surface area contributed by atoms with Gasteiger partial charge in [-0.3, -0.25) is 14.3 Å². The van der Waals surface area contributed by atoms with E-state index in [9.17, 15) is 9.59 Å². The van der Waals surface area contributed by atoms with E-state index >= 15 is 0 Å². The predicted molar refractivity (Wildman–Crippen MR) is 75.5 cm³/mol. The van der Waals surface area contributed by atoms with Gasteiger partial charge in [-0.05, 0) is 20.3 Å². The van der Waals surface area contributed by atoms with E-state index < -0.39 is 5.97 Å². The molecule has 1 rings (SSSR count). The lowest BCUT2D eigenvalue weighted by atomic mass is 10.1. The first-order chi connectivity index (χ1) is 9.35.